The first-order chi connectivity index (χ1) is 8.86. The van der Waals surface area contributed by atoms with E-state index in [9.17, 15) is 0 Å². The van der Waals surface area contributed by atoms with Crippen molar-refractivity contribution in [3.63, 3.8) is 0 Å². The van der Waals surface area contributed by atoms with Crippen LogP contribution in [0.2, 0.25) is 0 Å². The van der Waals surface area contributed by atoms with Crippen LogP contribution in [0, 0.1) is 5.92 Å². The quantitative estimate of drug-likeness (QED) is 0.792. The molecule has 2 saturated carbocycles. The highest BCUT2D eigenvalue weighted by Crippen LogP contribution is 2.32. The van der Waals surface area contributed by atoms with Gasteiger partial charge < -0.3 is 10.2 Å². The van der Waals surface area contributed by atoms with Crippen molar-refractivity contribution in [1.29, 1.82) is 0 Å². The van der Waals surface area contributed by atoms with Crippen molar-refractivity contribution >= 4 is 5.69 Å². The Kier molecular flexibility index (Phi) is 3.55. The molecule has 2 nitrogen and oxygen atoms in total. The monoisotopic (exact) mass is 244 g/mol. The highest BCUT2D eigenvalue weighted by Gasteiger charge is 2.25. The van der Waals surface area contributed by atoms with Gasteiger partial charge in [-0.1, -0.05) is 18.2 Å². The highest BCUT2D eigenvalue weighted by atomic mass is 15.1. The Balaban J connectivity index is 1.70. The van der Waals surface area contributed by atoms with Crippen LogP contribution in [0.25, 0.3) is 0 Å². The van der Waals surface area contributed by atoms with Gasteiger partial charge in [-0.15, -0.1) is 0 Å². The normalized spacial score (nSPS) is 18.9. The first kappa shape index (κ1) is 12.0. The van der Waals surface area contributed by atoms with Gasteiger partial charge in [0.2, 0.25) is 0 Å². The molecule has 2 aliphatic rings. The third kappa shape index (κ3) is 3.05. The first-order valence-electron chi connectivity index (χ1n) is 7.43. The van der Waals surface area contributed by atoms with Crippen LogP contribution in [0.5, 0.6) is 0 Å². The van der Waals surface area contributed by atoms with Crippen LogP contribution >= 0.6 is 0 Å². The van der Waals surface area contributed by atoms with E-state index < -0.39 is 0 Å². The lowest BCUT2D eigenvalue weighted by Gasteiger charge is -2.26. The summed E-state index contributed by atoms with van der Waals surface area (Å²) in [5, 5.41) is 3.63. The molecule has 18 heavy (non-hydrogen) atoms. The number of rotatable bonds is 7. The largest absolute Gasteiger partial charge is 0.371 e. The number of nitrogens with zero attached hydrogens (tertiary/aromatic N) is 1. The molecule has 0 heterocycles. The van der Waals surface area contributed by atoms with Crippen molar-refractivity contribution < 1.29 is 0 Å². The number of hydrogen-bond acceptors (Lipinski definition) is 2. The van der Waals surface area contributed by atoms with Gasteiger partial charge >= 0.3 is 0 Å². The number of benzene rings is 1. The third-order valence-corrected chi connectivity index (χ3v) is 4.05. The molecule has 0 saturated heterocycles. The molecule has 0 unspecified atom stereocenters. The van der Waals surface area contributed by atoms with Gasteiger partial charge in [0.1, 0.15) is 0 Å². The number of nitrogens with one attached hydrogen (secondary N) is 1. The van der Waals surface area contributed by atoms with Crippen molar-refractivity contribution in [2.75, 3.05) is 18.0 Å². The van der Waals surface area contributed by atoms with E-state index in [0.29, 0.717) is 0 Å². The lowest BCUT2D eigenvalue weighted by molar-refractivity contribution is 0.678. The van der Waals surface area contributed by atoms with Crippen LogP contribution in [-0.4, -0.2) is 19.1 Å². The summed E-state index contributed by atoms with van der Waals surface area (Å²) in [5.41, 5.74) is 2.91. The molecule has 0 spiro atoms. The molecule has 0 atom stereocenters. The molecule has 3 rings (SSSR count). The average Bonchev–Trinajstić information content (AvgIpc) is 3.28. The third-order valence-electron chi connectivity index (χ3n) is 4.05. The molecule has 98 valence electrons. The maximum absolute atomic E-state index is 3.63. The second-order valence-corrected chi connectivity index (χ2v) is 5.77. The zero-order chi connectivity index (χ0) is 12.4. The Hall–Kier alpha value is -1.02. The van der Waals surface area contributed by atoms with E-state index in [1.807, 2.05) is 0 Å². The topological polar surface area (TPSA) is 15.3 Å². The molecule has 0 bridgehead atoms. The van der Waals surface area contributed by atoms with Gasteiger partial charge in [-0.2, -0.15) is 0 Å². The maximum Gasteiger partial charge on any atom is 0.0411 e. The van der Waals surface area contributed by atoms with Gasteiger partial charge in [0.05, 0.1) is 0 Å². The van der Waals surface area contributed by atoms with Crippen molar-refractivity contribution in [1.82, 2.24) is 5.32 Å². The minimum Gasteiger partial charge on any atom is -0.371 e. The SMILES string of the molecule is CCN(CC1CC1)c1ccccc1CNC1CC1. The van der Waals surface area contributed by atoms with E-state index in [1.54, 1.807) is 0 Å². The zero-order valence-corrected chi connectivity index (χ0v) is 11.4. The van der Waals surface area contributed by atoms with Crippen LogP contribution in [-0.2, 0) is 6.54 Å². The smallest absolute Gasteiger partial charge is 0.0411 e. The minimum atomic E-state index is 0.788. The molecular weight excluding hydrogens is 220 g/mol. The van der Waals surface area contributed by atoms with Crippen LogP contribution < -0.4 is 10.2 Å². The predicted octanol–water partition coefficient (Wildman–Crippen LogP) is 3.17. The van der Waals surface area contributed by atoms with E-state index in [1.165, 1.54) is 43.5 Å². The van der Waals surface area contributed by atoms with Crippen molar-refractivity contribution in [2.45, 2.75) is 45.2 Å². The van der Waals surface area contributed by atoms with Gasteiger partial charge in [-0.3, -0.25) is 0 Å². The van der Waals surface area contributed by atoms with E-state index in [4.69, 9.17) is 0 Å². The number of anilines is 1. The summed E-state index contributed by atoms with van der Waals surface area (Å²) in [4.78, 5) is 2.56. The summed E-state index contributed by atoms with van der Waals surface area (Å²) < 4.78 is 0. The second-order valence-electron chi connectivity index (χ2n) is 5.77. The molecule has 2 aliphatic carbocycles. The Morgan fingerprint density at radius 2 is 1.94 bits per heavy atom. The van der Waals surface area contributed by atoms with Gasteiger partial charge in [0, 0.05) is 31.4 Å². The fourth-order valence-corrected chi connectivity index (χ4v) is 2.52. The summed E-state index contributed by atoms with van der Waals surface area (Å²) in [6, 6.07) is 9.69. The van der Waals surface area contributed by atoms with Crippen molar-refractivity contribution in [3.8, 4) is 0 Å². The second kappa shape index (κ2) is 5.31. The van der Waals surface area contributed by atoms with Gasteiger partial charge in [0.25, 0.3) is 0 Å². The number of para-hydroxylation sites is 1. The lowest BCUT2D eigenvalue weighted by Crippen LogP contribution is -2.27. The zero-order valence-electron chi connectivity index (χ0n) is 11.4. The Morgan fingerprint density at radius 1 is 1.17 bits per heavy atom. The molecule has 0 amide bonds. The molecule has 2 fully saturated rings. The van der Waals surface area contributed by atoms with E-state index in [-0.39, 0.29) is 0 Å². The standard InChI is InChI=1S/C16H24N2/c1-2-18(12-13-7-8-13)16-6-4-3-5-14(16)11-17-15-9-10-15/h3-6,13,15,17H,2,7-12H2,1H3. The van der Waals surface area contributed by atoms with E-state index in [0.717, 1.165) is 25.0 Å². The fraction of sp³-hybridized carbons (Fsp3) is 0.625. The highest BCUT2D eigenvalue weighted by molar-refractivity contribution is 5.53. The minimum absolute atomic E-state index is 0.788. The molecule has 1 aromatic rings. The Bertz CT molecular complexity index is 394. The summed E-state index contributed by atoms with van der Waals surface area (Å²) >= 11 is 0. The van der Waals surface area contributed by atoms with E-state index >= 15 is 0 Å². The summed E-state index contributed by atoms with van der Waals surface area (Å²) in [6.45, 7) is 5.67. The molecule has 0 aromatic heterocycles. The van der Waals surface area contributed by atoms with E-state index in [2.05, 4.69) is 41.4 Å². The molecule has 1 aromatic carbocycles. The van der Waals surface area contributed by atoms with Gasteiger partial charge in [0.15, 0.2) is 0 Å². The van der Waals surface area contributed by atoms with Crippen LogP contribution in [0.3, 0.4) is 0 Å². The molecule has 0 aliphatic heterocycles. The van der Waals surface area contributed by atoms with Crippen molar-refractivity contribution in [2.24, 2.45) is 5.92 Å². The van der Waals surface area contributed by atoms with Crippen LogP contribution in [0.1, 0.15) is 38.2 Å². The lowest BCUT2D eigenvalue weighted by atomic mass is 10.1. The summed E-state index contributed by atoms with van der Waals surface area (Å²) in [5.74, 6) is 0.953. The summed E-state index contributed by atoms with van der Waals surface area (Å²) in [6.07, 6.45) is 5.58. The molecule has 2 heteroatoms. The average molecular weight is 244 g/mol. The maximum atomic E-state index is 3.63. The van der Waals surface area contributed by atoms with Crippen LogP contribution in [0.15, 0.2) is 24.3 Å². The fourth-order valence-electron chi connectivity index (χ4n) is 2.52. The molecule has 1 N–H and O–H groups in total. The molecule has 0 radical (unpaired) electrons. The predicted molar refractivity (Wildman–Crippen MR) is 76.9 cm³/mol. The van der Waals surface area contributed by atoms with Crippen molar-refractivity contribution in [3.05, 3.63) is 29.8 Å². The van der Waals surface area contributed by atoms with Gasteiger partial charge in [-0.05, 0) is 50.2 Å². The first-order valence-corrected chi connectivity index (χ1v) is 7.43. The molecular formula is C16H24N2. The Labute approximate surface area is 110 Å². The number of hydrogen-bond donors (Lipinski definition) is 1. The summed E-state index contributed by atoms with van der Waals surface area (Å²) in [7, 11) is 0. The van der Waals surface area contributed by atoms with Crippen LogP contribution in [0.4, 0.5) is 5.69 Å². The Morgan fingerprint density at radius 3 is 2.61 bits per heavy atom. The van der Waals surface area contributed by atoms with Gasteiger partial charge in [-0.25, -0.2) is 0 Å².